The molecule has 2 aliphatic heterocycles. The Kier molecular flexibility index (Phi) is 4.79. The third-order valence-electron chi connectivity index (χ3n) is 3.03. The van der Waals surface area contributed by atoms with Crippen LogP contribution >= 0.6 is 23.5 Å². The number of amidine groups is 2. The summed E-state index contributed by atoms with van der Waals surface area (Å²) in [7, 11) is 0. The summed E-state index contributed by atoms with van der Waals surface area (Å²) in [6, 6.07) is 6.73. The van der Waals surface area contributed by atoms with Gasteiger partial charge in [-0.05, 0) is 12.1 Å². The molecule has 0 aromatic heterocycles. The van der Waals surface area contributed by atoms with Gasteiger partial charge in [0, 0.05) is 11.5 Å². The number of nitrogens with zero attached hydrogens (tertiary/aromatic N) is 2. The van der Waals surface area contributed by atoms with Gasteiger partial charge in [-0.3, -0.25) is 19.6 Å². The second-order valence-electron chi connectivity index (χ2n) is 4.52. The predicted molar refractivity (Wildman–Crippen MR) is 90.9 cm³/mol. The van der Waals surface area contributed by atoms with Crippen molar-refractivity contribution in [1.82, 2.24) is 10.6 Å². The predicted octanol–water partition coefficient (Wildman–Crippen LogP) is 1.35. The highest BCUT2D eigenvalue weighted by Crippen LogP contribution is 2.14. The van der Waals surface area contributed by atoms with E-state index in [1.165, 1.54) is 23.5 Å². The average Bonchev–Trinajstić information content (AvgIpc) is 3.21. The Hall–Kier alpha value is -1.80. The molecular weight excluding hydrogens is 320 g/mol. The van der Waals surface area contributed by atoms with E-state index in [4.69, 9.17) is 0 Å². The van der Waals surface area contributed by atoms with Gasteiger partial charge in [0.05, 0.1) is 24.2 Å². The molecule has 0 saturated carbocycles. The Bertz CT molecular complexity index is 616. The molecule has 0 radical (unpaired) electrons. The molecule has 6 nitrogen and oxygen atoms in total. The van der Waals surface area contributed by atoms with Crippen molar-refractivity contribution in [2.45, 2.75) is 0 Å². The van der Waals surface area contributed by atoms with Gasteiger partial charge in [0.25, 0.3) is 11.8 Å². The number of rotatable bonds is 2. The summed E-state index contributed by atoms with van der Waals surface area (Å²) in [6.07, 6.45) is 0. The van der Waals surface area contributed by atoms with Crippen LogP contribution in [0.15, 0.2) is 34.3 Å². The summed E-state index contributed by atoms with van der Waals surface area (Å²) in [5, 5.41) is 6.70. The molecular formula is C14H14N4O2S2. The van der Waals surface area contributed by atoms with Crippen LogP contribution < -0.4 is 10.6 Å². The molecule has 0 bridgehead atoms. The second-order valence-corrected chi connectivity index (χ2v) is 6.69. The molecule has 2 N–H and O–H groups in total. The van der Waals surface area contributed by atoms with Crippen LogP contribution in [0.3, 0.4) is 0 Å². The summed E-state index contributed by atoms with van der Waals surface area (Å²) >= 11 is 3.00. The molecule has 2 amide bonds. The number of benzene rings is 1. The molecule has 0 atom stereocenters. The Morgan fingerprint density at radius 3 is 1.68 bits per heavy atom. The van der Waals surface area contributed by atoms with Gasteiger partial charge in [-0.25, -0.2) is 0 Å². The lowest BCUT2D eigenvalue weighted by Crippen LogP contribution is -2.32. The highest BCUT2D eigenvalue weighted by atomic mass is 32.2. The normalized spacial score (nSPS) is 16.9. The van der Waals surface area contributed by atoms with Crippen LogP contribution in [-0.4, -0.2) is 46.7 Å². The number of nitrogens with one attached hydrogen (secondary N) is 2. The van der Waals surface area contributed by atoms with E-state index >= 15 is 0 Å². The van der Waals surface area contributed by atoms with Gasteiger partial charge in [0.2, 0.25) is 0 Å². The number of carbonyl (C=O) groups is 2. The zero-order valence-electron chi connectivity index (χ0n) is 11.7. The minimum Gasteiger partial charge on any atom is -0.301 e. The maximum atomic E-state index is 12.3. The van der Waals surface area contributed by atoms with Crippen molar-refractivity contribution < 1.29 is 9.59 Å². The van der Waals surface area contributed by atoms with Gasteiger partial charge < -0.3 is 10.6 Å². The SMILES string of the molecule is O=C(NC1=NCCS1)c1ccccc1C(=O)NC1=NCCS1. The zero-order valence-corrected chi connectivity index (χ0v) is 13.3. The molecule has 2 aliphatic rings. The van der Waals surface area contributed by atoms with E-state index in [-0.39, 0.29) is 11.8 Å². The molecule has 1 aromatic carbocycles. The maximum absolute atomic E-state index is 12.3. The largest absolute Gasteiger partial charge is 0.301 e. The van der Waals surface area contributed by atoms with E-state index in [1.54, 1.807) is 24.3 Å². The standard InChI is InChI=1S/C14H14N4O2S2/c19-11(17-13-15-5-7-21-13)9-3-1-2-4-10(9)12(20)18-14-16-6-8-22-14/h1-4H,5-8H2,(H,15,17,19)(H,16,18,20). The van der Waals surface area contributed by atoms with Crippen LogP contribution in [0.4, 0.5) is 0 Å². The van der Waals surface area contributed by atoms with Gasteiger partial charge in [-0.2, -0.15) is 0 Å². The Labute approximate surface area is 136 Å². The quantitative estimate of drug-likeness (QED) is 0.855. The summed E-state index contributed by atoms with van der Waals surface area (Å²) in [5.74, 6) is 1.10. The first-order valence-corrected chi connectivity index (χ1v) is 8.77. The van der Waals surface area contributed by atoms with E-state index in [0.29, 0.717) is 34.6 Å². The molecule has 0 saturated heterocycles. The monoisotopic (exact) mass is 334 g/mol. The Morgan fingerprint density at radius 1 is 0.864 bits per heavy atom. The molecule has 0 fully saturated rings. The number of carbonyl (C=O) groups excluding carboxylic acids is 2. The first kappa shape index (κ1) is 15.1. The van der Waals surface area contributed by atoms with Crippen molar-refractivity contribution in [3.63, 3.8) is 0 Å². The fourth-order valence-electron chi connectivity index (χ4n) is 2.03. The number of hydrogen-bond donors (Lipinski definition) is 2. The van der Waals surface area contributed by atoms with Crippen molar-refractivity contribution in [2.24, 2.45) is 9.98 Å². The van der Waals surface area contributed by atoms with Crippen molar-refractivity contribution >= 4 is 45.7 Å². The molecule has 22 heavy (non-hydrogen) atoms. The summed E-state index contributed by atoms with van der Waals surface area (Å²) < 4.78 is 0. The Morgan fingerprint density at radius 2 is 1.32 bits per heavy atom. The van der Waals surface area contributed by atoms with Gasteiger partial charge in [0.15, 0.2) is 10.3 Å². The minimum atomic E-state index is -0.320. The highest BCUT2D eigenvalue weighted by Gasteiger charge is 2.20. The third kappa shape index (κ3) is 3.50. The van der Waals surface area contributed by atoms with Gasteiger partial charge in [0.1, 0.15) is 0 Å². The smallest absolute Gasteiger partial charge is 0.258 e. The van der Waals surface area contributed by atoms with E-state index in [1.807, 2.05) is 0 Å². The first-order chi connectivity index (χ1) is 10.7. The Balaban J connectivity index is 1.76. The van der Waals surface area contributed by atoms with Crippen molar-refractivity contribution in [3.05, 3.63) is 35.4 Å². The van der Waals surface area contributed by atoms with Crippen molar-refractivity contribution in [1.29, 1.82) is 0 Å². The zero-order chi connectivity index (χ0) is 15.4. The number of aliphatic imine (C=N–C) groups is 2. The molecule has 2 heterocycles. The molecule has 114 valence electrons. The van der Waals surface area contributed by atoms with Crippen LogP contribution in [-0.2, 0) is 0 Å². The van der Waals surface area contributed by atoms with E-state index < -0.39 is 0 Å². The lowest BCUT2D eigenvalue weighted by molar-refractivity contribution is 0.0944. The van der Waals surface area contributed by atoms with Gasteiger partial charge >= 0.3 is 0 Å². The van der Waals surface area contributed by atoms with Crippen LogP contribution in [0.5, 0.6) is 0 Å². The fraction of sp³-hybridized carbons (Fsp3) is 0.286. The number of hydrogen-bond acceptors (Lipinski definition) is 6. The maximum Gasteiger partial charge on any atom is 0.258 e. The molecule has 1 aromatic rings. The van der Waals surface area contributed by atoms with Gasteiger partial charge in [-0.15, -0.1) is 0 Å². The van der Waals surface area contributed by atoms with E-state index in [9.17, 15) is 9.59 Å². The second kappa shape index (κ2) is 6.97. The van der Waals surface area contributed by atoms with E-state index in [0.717, 1.165) is 11.5 Å². The minimum absolute atomic E-state index is 0.320. The lowest BCUT2D eigenvalue weighted by Gasteiger charge is -2.10. The highest BCUT2D eigenvalue weighted by molar-refractivity contribution is 8.14. The average molecular weight is 334 g/mol. The molecule has 0 aliphatic carbocycles. The first-order valence-electron chi connectivity index (χ1n) is 6.80. The van der Waals surface area contributed by atoms with Crippen molar-refractivity contribution in [3.8, 4) is 0 Å². The molecule has 3 rings (SSSR count). The molecule has 0 unspecified atom stereocenters. The third-order valence-corrected chi connectivity index (χ3v) is 4.81. The summed E-state index contributed by atoms with van der Waals surface area (Å²) in [4.78, 5) is 33.1. The lowest BCUT2D eigenvalue weighted by atomic mass is 10.1. The van der Waals surface area contributed by atoms with Crippen LogP contribution in [0.2, 0.25) is 0 Å². The summed E-state index contributed by atoms with van der Waals surface area (Å²) in [5.41, 5.74) is 0.664. The molecule has 8 heteroatoms. The van der Waals surface area contributed by atoms with Crippen LogP contribution in [0, 0.1) is 0 Å². The fourth-order valence-corrected chi connectivity index (χ4v) is 3.48. The van der Waals surface area contributed by atoms with Gasteiger partial charge in [-0.1, -0.05) is 35.7 Å². The van der Waals surface area contributed by atoms with Crippen molar-refractivity contribution in [2.75, 3.05) is 24.6 Å². The van der Waals surface area contributed by atoms with Crippen LogP contribution in [0.25, 0.3) is 0 Å². The number of thioether (sulfide) groups is 2. The topological polar surface area (TPSA) is 82.9 Å². The van der Waals surface area contributed by atoms with E-state index in [2.05, 4.69) is 20.6 Å². The number of amides is 2. The van der Waals surface area contributed by atoms with Crippen LogP contribution in [0.1, 0.15) is 20.7 Å². The molecule has 0 spiro atoms. The summed E-state index contributed by atoms with van der Waals surface area (Å²) in [6.45, 7) is 1.42.